The largest absolute Gasteiger partial charge is 0.479 e. The van der Waals surface area contributed by atoms with Gasteiger partial charge in [0.25, 0.3) is 5.91 Å². The Labute approximate surface area is 156 Å². The van der Waals surface area contributed by atoms with Crippen molar-refractivity contribution in [3.8, 4) is 11.5 Å². The fourth-order valence-electron chi connectivity index (χ4n) is 2.70. The van der Waals surface area contributed by atoms with Gasteiger partial charge in [0.05, 0.1) is 24.4 Å². The number of hydrogen-bond acceptors (Lipinski definition) is 5. The molecule has 26 heavy (non-hydrogen) atoms. The van der Waals surface area contributed by atoms with Gasteiger partial charge in [-0.05, 0) is 31.2 Å². The number of fused-ring (bicyclic) bond motifs is 1. The SMILES string of the molecule is COC(=O)[C@H]1CN(C(=O)[C@@H](C)Oc2ccccc2Cl)c2ccccc2O1. The number of para-hydroxylation sites is 3. The van der Waals surface area contributed by atoms with Crippen molar-refractivity contribution in [2.75, 3.05) is 18.6 Å². The summed E-state index contributed by atoms with van der Waals surface area (Å²) in [7, 11) is 1.28. The van der Waals surface area contributed by atoms with Crippen LogP contribution in [0.3, 0.4) is 0 Å². The van der Waals surface area contributed by atoms with E-state index in [1.165, 1.54) is 12.0 Å². The lowest BCUT2D eigenvalue weighted by molar-refractivity contribution is -0.148. The number of ether oxygens (including phenoxy) is 3. The molecule has 136 valence electrons. The highest BCUT2D eigenvalue weighted by molar-refractivity contribution is 6.32. The Bertz CT molecular complexity index is 825. The second-order valence-electron chi connectivity index (χ2n) is 5.74. The first-order chi connectivity index (χ1) is 12.5. The molecule has 2 aromatic rings. The maximum absolute atomic E-state index is 13.0. The van der Waals surface area contributed by atoms with Gasteiger partial charge >= 0.3 is 5.97 Å². The minimum Gasteiger partial charge on any atom is -0.479 e. The third kappa shape index (κ3) is 3.60. The molecule has 0 N–H and O–H groups in total. The smallest absolute Gasteiger partial charge is 0.348 e. The Morgan fingerprint density at radius 3 is 2.62 bits per heavy atom. The average molecular weight is 376 g/mol. The molecule has 2 atom stereocenters. The number of carbonyl (C=O) groups excluding carboxylic acids is 2. The van der Waals surface area contributed by atoms with E-state index in [0.29, 0.717) is 22.2 Å². The molecule has 0 saturated heterocycles. The maximum atomic E-state index is 13.0. The summed E-state index contributed by atoms with van der Waals surface area (Å²) in [5.41, 5.74) is 0.576. The molecule has 0 spiro atoms. The van der Waals surface area contributed by atoms with E-state index in [-0.39, 0.29) is 12.5 Å². The first-order valence-electron chi connectivity index (χ1n) is 8.07. The van der Waals surface area contributed by atoms with Crippen molar-refractivity contribution in [2.45, 2.75) is 19.1 Å². The lowest BCUT2D eigenvalue weighted by atomic mass is 10.1. The van der Waals surface area contributed by atoms with E-state index >= 15 is 0 Å². The van der Waals surface area contributed by atoms with Gasteiger partial charge in [-0.25, -0.2) is 4.79 Å². The predicted molar refractivity (Wildman–Crippen MR) is 96.8 cm³/mol. The highest BCUT2D eigenvalue weighted by Gasteiger charge is 2.36. The number of anilines is 1. The van der Waals surface area contributed by atoms with Crippen LogP contribution in [0.4, 0.5) is 5.69 Å². The number of esters is 1. The standard InChI is InChI=1S/C19H18ClNO5/c1-12(25-15-9-5-3-7-13(15)20)18(22)21-11-17(19(23)24-2)26-16-10-6-4-8-14(16)21/h3-10,12,17H,11H2,1-2H3/t12-,17-/m1/s1. The van der Waals surface area contributed by atoms with Crippen LogP contribution in [0.1, 0.15) is 6.92 Å². The second-order valence-corrected chi connectivity index (χ2v) is 6.14. The Morgan fingerprint density at radius 2 is 1.88 bits per heavy atom. The number of nitrogens with zero attached hydrogens (tertiary/aromatic N) is 1. The summed E-state index contributed by atoms with van der Waals surface area (Å²) in [6.07, 6.45) is -1.70. The van der Waals surface area contributed by atoms with E-state index < -0.39 is 18.2 Å². The number of hydrogen-bond donors (Lipinski definition) is 0. The van der Waals surface area contributed by atoms with Gasteiger partial charge in [0, 0.05) is 0 Å². The summed E-state index contributed by atoms with van der Waals surface area (Å²) in [6.45, 7) is 1.68. The van der Waals surface area contributed by atoms with E-state index in [0.717, 1.165) is 0 Å². The van der Waals surface area contributed by atoms with Crippen LogP contribution in [-0.2, 0) is 14.3 Å². The minimum atomic E-state index is -0.897. The number of carbonyl (C=O) groups is 2. The molecule has 1 aliphatic heterocycles. The van der Waals surface area contributed by atoms with Crippen molar-refractivity contribution in [3.63, 3.8) is 0 Å². The second kappa shape index (κ2) is 7.66. The highest BCUT2D eigenvalue weighted by atomic mass is 35.5. The summed E-state index contributed by atoms with van der Waals surface area (Å²) in [6, 6.07) is 13.9. The van der Waals surface area contributed by atoms with Gasteiger partial charge in [-0.15, -0.1) is 0 Å². The molecule has 0 radical (unpaired) electrons. The van der Waals surface area contributed by atoms with E-state index in [2.05, 4.69) is 0 Å². The molecular weight excluding hydrogens is 358 g/mol. The van der Waals surface area contributed by atoms with Crippen LogP contribution in [0.5, 0.6) is 11.5 Å². The van der Waals surface area contributed by atoms with Gasteiger partial charge in [0.1, 0.15) is 11.5 Å². The zero-order valence-corrected chi connectivity index (χ0v) is 15.1. The molecule has 0 fully saturated rings. The normalized spacial score (nSPS) is 16.9. The predicted octanol–water partition coefficient (Wildman–Crippen LogP) is 3.07. The quantitative estimate of drug-likeness (QED) is 0.768. The lowest BCUT2D eigenvalue weighted by Crippen LogP contribution is -2.51. The van der Waals surface area contributed by atoms with Gasteiger partial charge in [-0.3, -0.25) is 4.79 Å². The van der Waals surface area contributed by atoms with E-state index in [1.54, 1.807) is 55.5 Å². The first-order valence-corrected chi connectivity index (χ1v) is 8.45. The van der Waals surface area contributed by atoms with Crippen molar-refractivity contribution in [1.82, 2.24) is 0 Å². The third-order valence-corrected chi connectivity index (χ3v) is 4.30. The fourth-order valence-corrected chi connectivity index (χ4v) is 2.88. The van der Waals surface area contributed by atoms with Crippen LogP contribution in [0.15, 0.2) is 48.5 Å². The Morgan fingerprint density at radius 1 is 1.19 bits per heavy atom. The summed E-state index contributed by atoms with van der Waals surface area (Å²) < 4.78 is 16.1. The molecule has 7 heteroatoms. The van der Waals surface area contributed by atoms with Crippen molar-refractivity contribution < 1.29 is 23.8 Å². The molecular formula is C19H18ClNO5. The molecule has 3 rings (SSSR count). The molecule has 2 aromatic carbocycles. The highest BCUT2D eigenvalue weighted by Crippen LogP contribution is 2.34. The number of amides is 1. The lowest BCUT2D eigenvalue weighted by Gasteiger charge is -2.34. The van der Waals surface area contributed by atoms with Crippen molar-refractivity contribution in [2.24, 2.45) is 0 Å². The molecule has 0 saturated carbocycles. The first kappa shape index (κ1) is 18.1. The summed E-state index contributed by atoms with van der Waals surface area (Å²) in [5.74, 6) is 0.0000683. The molecule has 0 aromatic heterocycles. The molecule has 0 bridgehead atoms. The van der Waals surface area contributed by atoms with Crippen LogP contribution in [0.25, 0.3) is 0 Å². The van der Waals surface area contributed by atoms with Gasteiger partial charge in [0.15, 0.2) is 6.10 Å². The number of methoxy groups -OCH3 is 1. The maximum Gasteiger partial charge on any atom is 0.348 e. The molecule has 0 unspecified atom stereocenters. The van der Waals surface area contributed by atoms with E-state index in [4.69, 9.17) is 25.8 Å². The van der Waals surface area contributed by atoms with Gasteiger partial charge in [0.2, 0.25) is 6.10 Å². The third-order valence-electron chi connectivity index (χ3n) is 3.99. The zero-order valence-electron chi connectivity index (χ0n) is 14.3. The molecule has 0 aliphatic carbocycles. The Hall–Kier alpha value is -2.73. The molecule has 1 amide bonds. The number of halogens is 1. The summed E-state index contributed by atoms with van der Waals surface area (Å²) >= 11 is 6.09. The van der Waals surface area contributed by atoms with E-state index in [1.807, 2.05) is 0 Å². The van der Waals surface area contributed by atoms with Crippen LogP contribution in [-0.4, -0.2) is 37.7 Å². The van der Waals surface area contributed by atoms with Crippen LogP contribution in [0, 0.1) is 0 Å². The van der Waals surface area contributed by atoms with Crippen molar-refractivity contribution in [1.29, 1.82) is 0 Å². The topological polar surface area (TPSA) is 65.1 Å². The van der Waals surface area contributed by atoms with Gasteiger partial charge in [-0.2, -0.15) is 0 Å². The summed E-state index contributed by atoms with van der Waals surface area (Å²) in [4.78, 5) is 26.4. The van der Waals surface area contributed by atoms with Crippen molar-refractivity contribution in [3.05, 3.63) is 53.6 Å². The van der Waals surface area contributed by atoms with Crippen LogP contribution < -0.4 is 14.4 Å². The van der Waals surface area contributed by atoms with Gasteiger partial charge in [-0.1, -0.05) is 35.9 Å². The van der Waals surface area contributed by atoms with Crippen molar-refractivity contribution >= 4 is 29.2 Å². The van der Waals surface area contributed by atoms with E-state index in [9.17, 15) is 9.59 Å². The molecule has 6 nitrogen and oxygen atoms in total. The van der Waals surface area contributed by atoms with Gasteiger partial charge < -0.3 is 19.1 Å². The van der Waals surface area contributed by atoms with Crippen LogP contribution in [0.2, 0.25) is 5.02 Å². The molecule has 1 heterocycles. The monoisotopic (exact) mass is 375 g/mol. The number of rotatable bonds is 4. The average Bonchev–Trinajstić information content (AvgIpc) is 2.67. The Balaban J connectivity index is 1.85. The zero-order chi connectivity index (χ0) is 18.7. The van der Waals surface area contributed by atoms with Crippen LogP contribution >= 0.6 is 11.6 Å². The minimum absolute atomic E-state index is 0.0404. The summed E-state index contributed by atoms with van der Waals surface area (Å²) in [5, 5.41) is 0.418. The Kier molecular flexibility index (Phi) is 5.32. The fraction of sp³-hybridized carbons (Fsp3) is 0.263. The number of benzene rings is 2. The molecule has 1 aliphatic rings.